The lowest BCUT2D eigenvalue weighted by Crippen LogP contribution is -2.55. The molecule has 1 heterocycles. The molecular weight excluding hydrogens is 789 g/mol. The van der Waals surface area contributed by atoms with Gasteiger partial charge in [-0.05, 0) is 85.3 Å². The average Bonchev–Trinajstić information content (AvgIpc) is 3.01. The zero-order valence-electron chi connectivity index (χ0n) is 37.6. The molecule has 53 heavy (non-hydrogen) atoms. The first-order valence-corrected chi connectivity index (χ1v) is 31.0. The molecule has 2 rings (SSSR count). The van der Waals surface area contributed by atoms with Crippen LogP contribution < -0.4 is 0 Å². The van der Waals surface area contributed by atoms with E-state index < -0.39 is 25.0 Å². The SMILES string of the molecule is C/C(=C/[C@@H](C)[C@H](O[Si](C)(C)C(C)(C)C)[C@H](C)/C=C\[C@@H](C[C@H]1O[C@@H](Sc2ccccc2)[C@@H](C)[C@H](O[Si](C)(C)C(C)(C)C)[C@@H]1C)O[Si](C)(C)C(C)(C)C)CBr. The predicted molar refractivity (Wildman–Crippen MR) is 245 cm³/mol. The van der Waals surface area contributed by atoms with Gasteiger partial charge >= 0.3 is 0 Å². The van der Waals surface area contributed by atoms with E-state index in [1.165, 1.54) is 10.5 Å². The van der Waals surface area contributed by atoms with Gasteiger partial charge < -0.3 is 18.0 Å². The quantitative estimate of drug-likeness (QED) is 0.0940. The summed E-state index contributed by atoms with van der Waals surface area (Å²) < 4.78 is 29.1. The molecule has 4 nitrogen and oxygen atoms in total. The molecule has 0 amide bonds. The van der Waals surface area contributed by atoms with Gasteiger partial charge in [-0.3, -0.25) is 0 Å². The monoisotopic (exact) mass is 868 g/mol. The maximum atomic E-state index is 7.35. The summed E-state index contributed by atoms with van der Waals surface area (Å²) in [5, 5.41) is 1.20. The Bertz CT molecular complexity index is 1330. The van der Waals surface area contributed by atoms with E-state index in [-0.39, 0.29) is 68.6 Å². The van der Waals surface area contributed by atoms with Gasteiger partial charge in [0.15, 0.2) is 25.0 Å². The van der Waals surface area contributed by atoms with Crippen LogP contribution in [0, 0.1) is 23.7 Å². The van der Waals surface area contributed by atoms with E-state index in [4.69, 9.17) is 18.0 Å². The summed E-state index contributed by atoms with van der Waals surface area (Å²) in [6, 6.07) is 10.7. The number of rotatable bonds is 16. The van der Waals surface area contributed by atoms with Gasteiger partial charge in [0.2, 0.25) is 0 Å². The zero-order chi connectivity index (χ0) is 41.0. The standard InChI is InChI=1S/C44H81BrO4SSi3/c1-31(30-45)28-33(3)39(48-52(17,18)43(9,10)11)32(2)26-27-36(47-51(15,16)42(6,7)8)29-38-34(4)40(49-53(19,20)44(12,13)14)35(5)41(46-38)50-37-24-22-21-23-25-37/h21-28,32-36,38-41H,29-30H2,1-20H3/b27-26-,31-28-/t32-,33-,34-,35+,36+,38-,39-,40-,41+/m1/s1. The molecule has 1 aliphatic heterocycles. The van der Waals surface area contributed by atoms with Gasteiger partial charge in [-0.2, -0.15) is 0 Å². The Morgan fingerprint density at radius 1 is 0.774 bits per heavy atom. The number of alkyl halides is 1. The van der Waals surface area contributed by atoms with Crippen LogP contribution >= 0.6 is 27.7 Å². The molecule has 0 aromatic heterocycles. The first-order valence-electron chi connectivity index (χ1n) is 20.3. The molecule has 1 aromatic carbocycles. The van der Waals surface area contributed by atoms with Gasteiger partial charge in [-0.15, -0.1) is 0 Å². The van der Waals surface area contributed by atoms with Gasteiger partial charge in [0.1, 0.15) is 5.44 Å². The lowest BCUT2D eigenvalue weighted by molar-refractivity contribution is -0.134. The van der Waals surface area contributed by atoms with E-state index in [2.05, 4.69) is 201 Å². The van der Waals surface area contributed by atoms with Crippen molar-refractivity contribution in [3.63, 3.8) is 0 Å². The molecule has 1 fully saturated rings. The van der Waals surface area contributed by atoms with E-state index in [9.17, 15) is 0 Å². The third kappa shape index (κ3) is 13.8. The molecule has 9 heteroatoms. The molecule has 1 aliphatic rings. The minimum absolute atomic E-state index is 0.0142. The van der Waals surface area contributed by atoms with E-state index >= 15 is 0 Å². The summed E-state index contributed by atoms with van der Waals surface area (Å²) in [5.74, 6) is 0.926. The van der Waals surface area contributed by atoms with Crippen LogP contribution in [0.5, 0.6) is 0 Å². The van der Waals surface area contributed by atoms with Crippen molar-refractivity contribution in [2.45, 2.75) is 192 Å². The fourth-order valence-corrected chi connectivity index (χ4v) is 11.7. The lowest BCUT2D eigenvalue weighted by Gasteiger charge is -2.50. The number of hydrogen-bond donors (Lipinski definition) is 0. The first-order chi connectivity index (χ1) is 23.9. The number of ether oxygens (including phenoxy) is 1. The smallest absolute Gasteiger partial charge is 0.192 e. The molecule has 0 N–H and O–H groups in total. The first kappa shape index (κ1) is 49.2. The van der Waals surface area contributed by atoms with Crippen LogP contribution in [0.3, 0.4) is 0 Å². The van der Waals surface area contributed by atoms with Crippen LogP contribution in [0.15, 0.2) is 59.0 Å². The topological polar surface area (TPSA) is 36.9 Å². The highest BCUT2D eigenvalue weighted by molar-refractivity contribution is 9.09. The van der Waals surface area contributed by atoms with Crippen molar-refractivity contribution >= 4 is 52.6 Å². The van der Waals surface area contributed by atoms with Crippen molar-refractivity contribution in [1.29, 1.82) is 0 Å². The van der Waals surface area contributed by atoms with Gasteiger partial charge in [0.05, 0.1) is 24.4 Å². The van der Waals surface area contributed by atoms with Crippen molar-refractivity contribution in [3.8, 4) is 0 Å². The number of thioether (sulfide) groups is 1. The average molecular weight is 870 g/mol. The second kappa shape index (κ2) is 19.2. The normalized spacial score (nSPS) is 25.4. The Balaban J connectivity index is 2.61. The Labute approximate surface area is 344 Å². The van der Waals surface area contributed by atoms with Crippen molar-refractivity contribution in [2.24, 2.45) is 23.7 Å². The zero-order valence-corrected chi connectivity index (χ0v) is 43.1. The third-order valence-corrected chi connectivity index (χ3v) is 28.6. The summed E-state index contributed by atoms with van der Waals surface area (Å²) >= 11 is 5.52. The molecule has 0 unspecified atom stereocenters. The van der Waals surface area contributed by atoms with Crippen molar-refractivity contribution in [1.82, 2.24) is 0 Å². The number of hydrogen-bond acceptors (Lipinski definition) is 5. The van der Waals surface area contributed by atoms with E-state index in [0.717, 1.165) is 11.8 Å². The third-order valence-electron chi connectivity index (χ3n) is 13.0. The lowest BCUT2D eigenvalue weighted by atomic mass is 9.84. The van der Waals surface area contributed by atoms with Crippen molar-refractivity contribution in [3.05, 3.63) is 54.1 Å². The van der Waals surface area contributed by atoms with Crippen LogP contribution in [0.4, 0.5) is 0 Å². The van der Waals surface area contributed by atoms with E-state index in [1.807, 2.05) is 11.8 Å². The number of halogens is 1. The highest BCUT2D eigenvalue weighted by Crippen LogP contribution is 2.47. The number of allylic oxidation sites excluding steroid dienone is 1. The van der Waals surface area contributed by atoms with Crippen molar-refractivity contribution < 1.29 is 18.0 Å². The molecule has 1 saturated heterocycles. The summed E-state index contributed by atoms with van der Waals surface area (Å²) in [6.07, 6.45) is 8.02. The second-order valence-electron chi connectivity index (χ2n) is 20.8. The highest BCUT2D eigenvalue weighted by Gasteiger charge is 2.49. The van der Waals surface area contributed by atoms with E-state index in [1.54, 1.807) is 0 Å². The van der Waals surface area contributed by atoms with Crippen LogP contribution in [-0.4, -0.2) is 60.1 Å². The maximum absolute atomic E-state index is 7.35. The summed E-state index contributed by atoms with van der Waals surface area (Å²) in [5.41, 5.74) is 1.32. The minimum atomic E-state index is -2.13. The summed E-state index contributed by atoms with van der Waals surface area (Å²) in [6.45, 7) is 46.9. The van der Waals surface area contributed by atoms with Gasteiger partial charge in [-0.1, -0.05) is 160 Å². The molecule has 1 aromatic rings. The summed E-state index contributed by atoms with van der Waals surface area (Å²) in [7, 11) is -6.22. The molecule has 306 valence electrons. The molecule has 9 atom stereocenters. The largest absolute Gasteiger partial charge is 0.413 e. The Hall–Kier alpha value is 0.0206. The predicted octanol–water partition coefficient (Wildman–Crippen LogP) is 14.5. The van der Waals surface area contributed by atoms with Crippen LogP contribution in [0.25, 0.3) is 0 Å². The second-order valence-corrected chi connectivity index (χ2v) is 36.8. The van der Waals surface area contributed by atoms with Crippen LogP contribution in [-0.2, 0) is 18.0 Å². The van der Waals surface area contributed by atoms with Crippen LogP contribution in [0.2, 0.25) is 54.4 Å². The molecule has 0 bridgehead atoms. The van der Waals surface area contributed by atoms with Gasteiger partial charge in [0.25, 0.3) is 0 Å². The molecular formula is C44H81BrO4SSi3. The molecule has 0 saturated carbocycles. The van der Waals surface area contributed by atoms with E-state index in [0.29, 0.717) is 0 Å². The van der Waals surface area contributed by atoms with Gasteiger partial charge in [-0.25, -0.2) is 0 Å². The van der Waals surface area contributed by atoms with Crippen LogP contribution in [0.1, 0.15) is 103 Å². The molecule has 0 aliphatic carbocycles. The molecule has 0 spiro atoms. The fraction of sp³-hybridized carbons (Fsp3) is 0.773. The number of benzene rings is 1. The van der Waals surface area contributed by atoms with Crippen molar-refractivity contribution in [2.75, 3.05) is 5.33 Å². The van der Waals surface area contributed by atoms with Gasteiger partial charge in [0, 0.05) is 28.5 Å². The minimum Gasteiger partial charge on any atom is -0.413 e. The highest BCUT2D eigenvalue weighted by atomic mass is 79.9. The fourth-order valence-electron chi connectivity index (χ4n) is 6.19. The summed E-state index contributed by atoms with van der Waals surface area (Å²) in [4.78, 5) is 1.23. The Kier molecular flexibility index (Phi) is 17.8. The maximum Gasteiger partial charge on any atom is 0.192 e. The Morgan fingerprint density at radius 3 is 1.77 bits per heavy atom. The molecule has 0 radical (unpaired) electrons. The Morgan fingerprint density at radius 2 is 1.28 bits per heavy atom.